The van der Waals surface area contributed by atoms with E-state index in [1.807, 2.05) is 0 Å². The predicted octanol–water partition coefficient (Wildman–Crippen LogP) is 11.6. The highest BCUT2D eigenvalue weighted by molar-refractivity contribution is 4.96. The van der Waals surface area contributed by atoms with Crippen molar-refractivity contribution in [3.8, 4) is 0 Å². The SMILES string of the molecule is CCCCCCCCCCCCCCC1N(CCC)C=CN1CCCCCCCCCCCCCC. The van der Waals surface area contributed by atoms with Crippen LogP contribution in [0, 0.1) is 0 Å². The van der Waals surface area contributed by atoms with Crippen LogP contribution in [0.4, 0.5) is 0 Å². The molecule has 0 saturated carbocycles. The zero-order chi connectivity index (χ0) is 25.9. The summed E-state index contributed by atoms with van der Waals surface area (Å²) in [5.74, 6) is 0. The fourth-order valence-electron chi connectivity index (χ4n) is 5.90. The van der Waals surface area contributed by atoms with Crippen LogP contribution in [0.25, 0.3) is 0 Å². The van der Waals surface area contributed by atoms with Gasteiger partial charge >= 0.3 is 0 Å². The van der Waals surface area contributed by atoms with Crippen molar-refractivity contribution in [3.63, 3.8) is 0 Å². The third-order valence-electron chi connectivity index (χ3n) is 8.28. The van der Waals surface area contributed by atoms with Crippen molar-refractivity contribution in [2.45, 2.75) is 194 Å². The molecule has 0 amide bonds. The van der Waals surface area contributed by atoms with E-state index in [0.29, 0.717) is 6.17 Å². The normalized spacial score (nSPS) is 15.5. The number of unbranched alkanes of at least 4 members (excludes halogenated alkanes) is 22. The average Bonchev–Trinajstić information content (AvgIpc) is 3.26. The molecule has 0 aromatic rings. The van der Waals surface area contributed by atoms with Crippen molar-refractivity contribution < 1.29 is 0 Å². The smallest absolute Gasteiger partial charge is 0.101 e. The van der Waals surface area contributed by atoms with Gasteiger partial charge in [-0.3, -0.25) is 0 Å². The molecule has 0 N–H and O–H groups in total. The Bertz CT molecular complexity index is 460. The van der Waals surface area contributed by atoms with Gasteiger partial charge in [0.1, 0.15) is 6.17 Å². The van der Waals surface area contributed by atoms with Crippen LogP contribution in [-0.2, 0) is 0 Å². The molecule has 0 bridgehead atoms. The molecule has 1 unspecified atom stereocenters. The molecule has 0 aromatic heterocycles. The Balaban J connectivity index is 2.03. The Morgan fingerprint density at radius 2 is 0.694 bits per heavy atom. The maximum atomic E-state index is 2.67. The first-order chi connectivity index (χ1) is 17.8. The summed E-state index contributed by atoms with van der Waals surface area (Å²) in [6.07, 6.45) is 42.6. The topological polar surface area (TPSA) is 6.48 Å². The zero-order valence-corrected chi connectivity index (χ0v) is 25.4. The number of hydrogen-bond acceptors (Lipinski definition) is 2. The molecule has 2 heteroatoms. The summed E-state index contributed by atoms with van der Waals surface area (Å²) >= 11 is 0. The van der Waals surface area contributed by atoms with Gasteiger partial charge in [0.05, 0.1) is 0 Å². The molecule has 0 aromatic carbocycles. The third-order valence-corrected chi connectivity index (χ3v) is 8.28. The minimum absolute atomic E-state index is 0.640. The molecular formula is C34H68N2. The van der Waals surface area contributed by atoms with Crippen molar-refractivity contribution in [3.05, 3.63) is 12.4 Å². The Morgan fingerprint density at radius 1 is 0.361 bits per heavy atom. The van der Waals surface area contributed by atoms with E-state index in [1.165, 1.54) is 180 Å². The van der Waals surface area contributed by atoms with Gasteiger partial charge in [0.2, 0.25) is 0 Å². The van der Waals surface area contributed by atoms with E-state index in [2.05, 4.69) is 43.0 Å². The van der Waals surface area contributed by atoms with E-state index < -0.39 is 0 Å². The van der Waals surface area contributed by atoms with Crippen LogP contribution in [0.15, 0.2) is 12.4 Å². The molecule has 1 rings (SSSR count). The second-order valence-corrected chi connectivity index (χ2v) is 11.8. The van der Waals surface area contributed by atoms with Crippen LogP contribution in [0.2, 0.25) is 0 Å². The lowest BCUT2D eigenvalue weighted by Crippen LogP contribution is -2.39. The molecule has 214 valence electrons. The molecule has 1 heterocycles. The standard InChI is InChI=1S/C34H68N2/c1-4-7-9-11-13-15-17-19-21-23-25-27-29-34-35(30-6-3)32-33-36(34)31-28-26-24-22-20-18-16-14-12-10-8-5-2/h32-34H,4-31H2,1-3H3. The van der Waals surface area contributed by atoms with Gasteiger partial charge in [-0.1, -0.05) is 162 Å². The quantitative estimate of drug-likeness (QED) is 0.0977. The first-order valence-electron chi connectivity index (χ1n) is 17.0. The fourth-order valence-corrected chi connectivity index (χ4v) is 5.90. The summed E-state index contributed by atoms with van der Waals surface area (Å²) in [5, 5.41) is 0. The van der Waals surface area contributed by atoms with Gasteiger partial charge in [-0.25, -0.2) is 0 Å². The largest absolute Gasteiger partial charge is 0.356 e. The maximum absolute atomic E-state index is 2.67. The monoisotopic (exact) mass is 505 g/mol. The number of hydrogen-bond donors (Lipinski definition) is 0. The van der Waals surface area contributed by atoms with Gasteiger partial charge in [-0.05, 0) is 25.7 Å². The molecule has 1 atom stereocenters. The first-order valence-corrected chi connectivity index (χ1v) is 17.0. The van der Waals surface area contributed by atoms with E-state index in [-0.39, 0.29) is 0 Å². The lowest BCUT2D eigenvalue weighted by atomic mass is 10.0. The summed E-state index contributed by atoms with van der Waals surface area (Å²) in [6.45, 7) is 9.41. The second-order valence-electron chi connectivity index (χ2n) is 11.8. The van der Waals surface area contributed by atoms with Crippen LogP contribution < -0.4 is 0 Å². The zero-order valence-electron chi connectivity index (χ0n) is 25.4. The highest BCUT2D eigenvalue weighted by Crippen LogP contribution is 2.23. The molecule has 36 heavy (non-hydrogen) atoms. The molecule has 0 spiro atoms. The van der Waals surface area contributed by atoms with Crippen molar-refractivity contribution in [1.82, 2.24) is 9.80 Å². The average molecular weight is 505 g/mol. The highest BCUT2D eigenvalue weighted by Gasteiger charge is 2.24. The van der Waals surface area contributed by atoms with Crippen molar-refractivity contribution in [1.29, 1.82) is 0 Å². The molecule has 0 saturated heterocycles. The summed E-state index contributed by atoms with van der Waals surface area (Å²) in [5.41, 5.74) is 0. The van der Waals surface area contributed by atoms with Crippen LogP contribution in [0.5, 0.6) is 0 Å². The van der Waals surface area contributed by atoms with Gasteiger partial charge in [0.25, 0.3) is 0 Å². The van der Waals surface area contributed by atoms with Crippen LogP contribution in [-0.4, -0.2) is 29.1 Å². The van der Waals surface area contributed by atoms with E-state index in [9.17, 15) is 0 Å². The van der Waals surface area contributed by atoms with Gasteiger partial charge in [0.15, 0.2) is 0 Å². The summed E-state index contributed by atoms with van der Waals surface area (Å²) in [6, 6.07) is 0. The van der Waals surface area contributed by atoms with Gasteiger partial charge in [-0.2, -0.15) is 0 Å². The molecule has 2 nitrogen and oxygen atoms in total. The van der Waals surface area contributed by atoms with Crippen LogP contribution in [0.3, 0.4) is 0 Å². The Morgan fingerprint density at radius 3 is 1.08 bits per heavy atom. The fraction of sp³-hybridized carbons (Fsp3) is 0.941. The van der Waals surface area contributed by atoms with E-state index in [0.717, 1.165) is 0 Å². The number of rotatable bonds is 28. The third kappa shape index (κ3) is 18.6. The highest BCUT2D eigenvalue weighted by atomic mass is 15.4. The van der Waals surface area contributed by atoms with E-state index in [1.54, 1.807) is 0 Å². The van der Waals surface area contributed by atoms with Crippen LogP contribution in [0.1, 0.15) is 188 Å². The molecule has 0 aliphatic carbocycles. The van der Waals surface area contributed by atoms with E-state index >= 15 is 0 Å². The Labute approximate surface area is 229 Å². The summed E-state index contributed by atoms with van der Waals surface area (Å²) in [4.78, 5) is 5.30. The molecular weight excluding hydrogens is 436 g/mol. The lowest BCUT2D eigenvalue weighted by Gasteiger charge is -2.33. The van der Waals surface area contributed by atoms with Gasteiger partial charge in [0, 0.05) is 25.5 Å². The lowest BCUT2D eigenvalue weighted by molar-refractivity contribution is 0.137. The first kappa shape index (κ1) is 33.4. The number of nitrogens with zero attached hydrogens (tertiary/aromatic N) is 2. The molecule has 0 fully saturated rings. The predicted molar refractivity (Wildman–Crippen MR) is 163 cm³/mol. The Kier molecular flexibility index (Phi) is 24.1. The molecule has 0 radical (unpaired) electrons. The summed E-state index contributed by atoms with van der Waals surface area (Å²) < 4.78 is 0. The van der Waals surface area contributed by atoms with Gasteiger partial charge in [-0.15, -0.1) is 0 Å². The van der Waals surface area contributed by atoms with Crippen molar-refractivity contribution in [2.75, 3.05) is 13.1 Å². The molecule has 1 aliphatic heterocycles. The second kappa shape index (κ2) is 26.0. The van der Waals surface area contributed by atoms with Crippen LogP contribution >= 0.6 is 0 Å². The van der Waals surface area contributed by atoms with E-state index in [4.69, 9.17) is 0 Å². The maximum Gasteiger partial charge on any atom is 0.101 e. The molecule has 1 aliphatic rings. The Hall–Kier alpha value is -0.660. The minimum Gasteiger partial charge on any atom is -0.356 e. The van der Waals surface area contributed by atoms with Crippen molar-refractivity contribution >= 4 is 0 Å². The summed E-state index contributed by atoms with van der Waals surface area (Å²) in [7, 11) is 0. The van der Waals surface area contributed by atoms with Gasteiger partial charge < -0.3 is 9.80 Å². The minimum atomic E-state index is 0.640. The van der Waals surface area contributed by atoms with Crippen molar-refractivity contribution in [2.24, 2.45) is 0 Å².